The molecule has 104 valence electrons. The van der Waals surface area contributed by atoms with Gasteiger partial charge in [0.15, 0.2) is 0 Å². The highest BCUT2D eigenvalue weighted by Crippen LogP contribution is 2.18. The van der Waals surface area contributed by atoms with Crippen LogP contribution in [0.1, 0.15) is 25.3 Å². The van der Waals surface area contributed by atoms with Crippen LogP contribution in [0.5, 0.6) is 0 Å². The molecule has 19 heavy (non-hydrogen) atoms. The Kier molecular flexibility index (Phi) is 4.93. The van der Waals surface area contributed by atoms with Crippen molar-refractivity contribution >= 4 is 21.8 Å². The van der Waals surface area contributed by atoms with Crippen LogP contribution in [-0.2, 0) is 11.3 Å². The van der Waals surface area contributed by atoms with Gasteiger partial charge < -0.3 is 10.2 Å². The highest BCUT2D eigenvalue weighted by Gasteiger charge is 2.20. The lowest BCUT2D eigenvalue weighted by Crippen LogP contribution is -2.43. The fraction of sp³-hybridized carbons (Fsp3) is 0.500. The molecular weight excluding hydrogens is 311 g/mol. The maximum absolute atomic E-state index is 13.2. The van der Waals surface area contributed by atoms with E-state index in [0.717, 1.165) is 36.0 Å². The zero-order valence-corrected chi connectivity index (χ0v) is 12.5. The second kappa shape index (κ2) is 6.48. The fourth-order valence-corrected chi connectivity index (χ4v) is 2.72. The summed E-state index contributed by atoms with van der Waals surface area (Å²) < 4.78 is 14.1. The van der Waals surface area contributed by atoms with Gasteiger partial charge in [0.25, 0.3) is 0 Å². The second-order valence-electron chi connectivity index (χ2n) is 4.90. The Morgan fingerprint density at radius 3 is 2.79 bits per heavy atom. The maximum Gasteiger partial charge on any atom is 0.219 e. The van der Waals surface area contributed by atoms with Crippen LogP contribution in [0.4, 0.5) is 4.39 Å². The van der Waals surface area contributed by atoms with Gasteiger partial charge in [-0.25, -0.2) is 4.39 Å². The molecule has 0 aliphatic carbocycles. The highest BCUT2D eigenvalue weighted by atomic mass is 79.9. The number of likely N-dealkylation sites (tertiary alicyclic amines) is 1. The maximum atomic E-state index is 13.2. The molecule has 2 rings (SSSR count). The van der Waals surface area contributed by atoms with Crippen molar-refractivity contribution in [2.45, 2.75) is 32.4 Å². The van der Waals surface area contributed by atoms with Crippen LogP contribution in [0.25, 0.3) is 0 Å². The van der Waals surface area contributed by atoms with Gasteiger partial charge in [-0.05, 0) is 36.6 Å². The molecule has 1 amide bonds. The van der Waals surface area contributed by atoms with Gasteiger partial charge in [0, 0.05) is 37.1 Å². The lowest BCUT2D eigenvalue weighted by atomic mass is 10.0. The summed E-state index contributed by atoms with van der Waals surface area (Å²) in [5.41, 5.74) is 0.925. The van der Waals surface area contributed by atoms with Crippen LogP contribution in [0.15, 0.2) is 22.7 Å². The lowest BCUT2D eigenvalue weighted by molar-refractivity contribution is -0.129. The number of amides is 1. The molecule has 3 nitrogen and oxygen atoms in total. The zero-order valence-electron chi connectivity index (χ0n) is 11.0. The third-order valence-corrected chi connectivity index (χ3v) is 4.30. The molecule has 0 spiro atoms. The van der Waals surface area contributed by atoms with Crippen molar-refractivity contribution in [3.8, 4) is 0 Å². The molecule has 1 aliphatic heterocycles. The van der Waals surface area contributed by atoms with Crippen molar-refractivity contribution < 1.29 is 9.18 Å². The van der Waals surface area contributed by atoms with Gasteiger partial charge in [-0.1, -0.05) is 15.9 Å². The van der Waals surface area contributed by atoms with Gasteiger partial charge in [-0.15, -0.1) is 0 Å². The molecule has 0 aromatic heterocycles. The molecule has 5 heteroatoms. The minimum absolute atomic E-state index is 0.145. The Morgan fingerprint density at radius 1 is 1.47 bits per heavy atom. The molecule has 1 saturated heterocycles. The van der Waals surface area contributed by atoms with E-state index < -0.39 is 0 Å². The van der Waals surface area contributed by atoms with E-state index in [1.165, 1.54) is 6.07 Å². The molecule has 0 radical (unpaired) electrons. The Balaban J connectivity index is 1.83. The molecule has 0 saturated carbocycles. The van der Waals surface area contributed by atoms with Gasteiger partial charge in [0.1, 0.15) is 5.82 Å². The molecule has 0 atom stereocenters. The first-order valence-electron chi connectivity index (χ1n) is 6.49. The average molecular weight is 329 g/mol. The highest BCUT2D eigenvalue weighted by molar-refractivity contribution is 9.10. The first kappa shape index (κ1) is 14.5. The number of nitrogens with zero attached hydrogens (tertiary/aromatic N) is 1. The number of carbonyl (C=O) groups is 1. The summed E-state index contributed by atoms with van der Waals surface area (Å²) in [4.78, 5) is 13.1. The van der Waals surface area contributed by atoms with Crippen molar-refractivity contribution in [3.05, 3.63) is 34.1 Å². The van der Waals surface area contributed by atoms with E-state index in [0.29, 0.717) is 12.6 Å². The Labute approximate surface area is 121 Å². The molecule has 1 heterocycles. The van der Waals surface area contributed by atoms with Crippen molar-refractivity contribution in [1.82, 2.24) is 10.2 Å². The third-order valence-electron chi connectivity index (χ3n) is 3.53. The van der Waals surface area contributed by atoms with Crippen LogP contribution >= 0.6 is 15.9 Å². The van der Waals surface area contributed by atoms with E-state index in [1.807, 2.05) is 4.90 Å². The number of benzene rings is 1. The first-order chi connectivity index (χ1) is 9.06. The van der Waals surface area contributed by atoms with Gasteiger partial charge in [0.2, 0.25) is 5.91 Å². The van der Waals surface area contributed by atoms with E-state index in [1.54, 1.807) is 19.1 Å². The van der Waals surface area contributed by atoms with Crippen LogP contribution < -0.4 is 5.32 Å². The van der Waals surface area contributed by atoms with Crippen molar-refractivity contribution in [2.75, 3.05) is 13.1 Å². The largest absolute Gasteiger partial charge is 0.343 e. The molecule has 0 bridgehead atoms. The molecule has 1 aliphatic rings. The summed E-state index contributed by atoms with van der Waals surface area (Å²) in [6.07, 6.45) is 1.90. The minimum atomic E-state index is -0.216. The number of nitrogens with one attached hydrogen (secondary N) is 1. The summed E-state index contributed by atoms with van der Waals surface area (Å²) in [5.74, 6) is -0.0716. The number of carbonyl (C=O) groups excluding carboxylic acids is 1. The van der Waals surface area contributed by atoms with Gasteiger partial charge in [-0.3, -0.25) is 4.79 Å². The minimum Gasteiger partial charge on any atom is -0.343 e. The van der Waals surface area contributed by atoms with Crippen LogP contribution in [-0.4, -0.2) is 29.9 Å². The predicted octanol–water partition coefficient (Wildman–Crippen LogP) is 2.69. The van der Waals surface area contributed by atoms with Crippen molar-refractivity contribution in [1.29, 1.82) is 0 Å². The van der Waals surface area contributed by atoms with E-state index in [2.05, 4.69) is 21.2 Å². The summed E-state index contributed by atoms with van der Waals surface area (Å²) in [5, 5.41) is 3.43. The second-order valence-corrected chi connectivity index (χ2v) is 5.75. The van der Waals surface area contributed by atoms with Gasteiger partial charge >= 0.3 is 0 Å². The first-order valence-corrected chi connectivity index (χ1v) is 7.28. The molecule has 1 fully saturated rings. The number of hydrogen-bond donors (Lipinski definition) is 1. The summed E-state index contributed by atoms with van der Waals surface area (Å²) in [6, 6.07) is 5.11. The van der Waals surface area contributed by atoms with Gasteiger partial charge in [0.05, 0.1) is 0 Å². The smallest absolute Gasteiger partial charge is 0.219 e. The van der Waals surface area contributed by atoms with Crippen LogP contribution in [0, 0.1) is 5.82 Å². The Hall–Kier alpha value is -0.940. The van der Waals surface area contributed by atoms with Crippen molar-refractivity contribution in [2.24, 2.45) is 0 Å². The normalized spacial score (nSPS) is 16.7. The van der Waals surface area contributed by atoms with E-state index >= 15 is 0 Å². The quantitative estimate of drug-likeness (QED) is 0.925. The summed E-state index contributed by atoms with van der Waals surface area (Å²) >= 11 is 3.42. The Morgan fingerprint density at radius 2 is 2.16 bits per heavy atom. The Bertz CT molecular complexity index is 459. The third kappa shape index (κ3) is 4.01. The lowest BCUT2D eigenvalue weighted by Gasteiger charge is -2.31. The summed E-state index contributed by atoms with van der Waals surface area (Å²) in [6.45, 7) is 3.86. The number of halogens is 2. The average Bonchev–Trinajstić information content (AvgIpc) is 2.40. The molecule has 1 aromatic rings. The van der Waals surface area contributed by atoms with Crippen molar-refractivity contribution in [3.63, 3.8) is 0 Å². The number of rotatable bonds is 3. The molecule has 1 N–H and O–H groups in total. The fourth-order valence-electron chi connectivity index (χ4n) is 2.33. The van der Waals surface area contributed by atoms with Crippen LogP contribution in [0.3, 0.4) is 0 Å². The van der Waals surface area contributed by atoms with Crippen LogP contribution in [0.2, 0.25) is 0 Å². The summed E-state index contributed by atoms with van der Waals surface area (Å²) in [7, 11) is 0. The molecule has 0 unspecified atom stereocenters. The molecular formula is C14H18BrFN2O. The van der Waals surface area contributed by atoms with Gasteiger partial charge in [-0.2, -0.15) is 0 Å². The topological polar surface area (TPSA) is 32.3 Å². The zero-order chi connectivity index (χ0) is 13.8. The standard InChI is InChI=1S/C14H18BrFN2O/c1-10(19)18-6-4-13(5-7-18)17-9-11-8-12(16)2-3-14(11)15/h2-3,8,13,17H,4-7,9H2,1H3. The molecule has 1 aromatic carbocycles. The van der Waals surface area contributed by atoms with E-state index in [9.17, 15) is 9.18 Å². The SMILES string of the molecule is CC(=O)N1CCC(NCc2cc(F)ccc2Br)CC1. The van der Waals surface area contributed by atoms with E-state index in [4.69, 9.17) is 0 Å². The number of hydrogen-bond acceptors (Lipinski definition) is 2. The number of piperidine rings is 1. The predicted molar refractivity (Wildman–Crippen MR) is 76.2 cm³/mol. The monoisotopic (exact) mass is 328 g/mol. The van der Waals surface area contributed by atoms with E-state index in [-0.39, 0.29) is 11.7 Å².